The third-order valence-electron chi connectivity index (χ3n) is 2.82. The number of hydrogen-bond donors (Lipinski definition) is 2. The number of likely N-dealkylation sites (N-methyl/N-ethyl adjacent to an activating group) is 1. The fraction of sp³-hybridized carbons (Fsp3) is 0.308. The second-order valence-corrected chi connectivity index (χ2v) is 5.39. The average molecular weight is 308 g/mol. The van der Waals surface area contributed by atoms with Crippen molar-refractivity contribution in [3.8, 4) is 5.75 Å². The molecule has 0 saturated heterocycles. The maximum Gasteiger partial charge on any atom is 0.245 e. The van der Waals surface area contributed by atoms with Crippen molar-refractivity contribution in [3.63, 3.8) is 0 Å². The highest BCUT2D eigenvalue weighted by molar-refractivity contribution is 7.22. The van der Waals surface area contributed by atoms with E-state index in [9.17, 15) is 9.59 Å². The third kappa shape index (κ3) is 3.67. The monoisotopic (exact) mass is 308 g/mol. The molecule has 3 N–H and O–H groups in total. The van der Waals surface area contributed by atoms with Gasteiger partial charge in [0.1, 0.15) is 5.75 Å². The summed E-state index contributed by atoms with van der Waals surface area (Å²) < 4.78 is 6.05. The molecule has 1 aromatic heterocycles. The molecule has 0 aliphatic rings. The Morgan fingerprint density at radius 2 is 2.24 bits per heavy atom. The zero-order chi connectivity index (χ0) is 15.4. The van der Waals surface area contributed by atoms with Gasteiger partial charge in [-0.25, -0.2) is 4.98 Å². The summed E-state index contributed by atoms with van der Waals surface area (Å²) in [4.78, 5) is 28.7. The fourth-order valence-corrected chi connectivity index (χ4v) is 2.61. The number of carbonyl (C=O) groups is 2. The quantitative estimate of drug-likeness (QED) is 0.845. The van der Waals surface area contributed by atoms with Gasteiger partial charge in [-0.15, -0.1) is 0 Å². The van der Waals surface area contributed by atoms with Crippen LogP contribution in [0.1, 0.15) is 0 Å². The number of carbonyl (C=O) groups excluding carboxylic acids is 2. The molecule has 21 heavy (non-hydrogen) atoms. The standard InChI is InChI=1S/C13H16N4O3S/c1-17(12(19)6-14)7-11(18)16-13-15-9-4-3-8(20-2)5-10(9)21-13/h3-5H,6-7,14H2,1-2H3,(H,15,16,18). The van der Waals surface area contributed by atoms with Gasteiger partial charge in [0.05, 0.1) is 30.4 Å². The summed E-state index contributed by atoms with van der Waals surface area (Å²) in [6.07, 6.45) is 0. The number of fused-ring (bicyclic) bond motifs is 1. The first-order chi connectivity index (χ1) is 10.0. The number of rotatable bonds is 5. The van der Waals surface area contributed by atoms with E-state index < -0.39 is 0 Å². The zero-order valence-electron chi connectivity index (χ0n) is 11.8. The van der Waals surface area contributed by atoms with E-state index >= 15 is 0 Å². The van der Waals surface area contributed by atoms with Crippen molar-refractivity contribution in [1.82, 2.24) is 9.88 Å². The van der Waals surface area contributed by atoms with Gasteiger partial charge in [0, 0.05) is 7.05 Å². The number of thiazole rings is 1. The number of nitrogens with two attached hydrogens (primary N) is 1. The highest BCUT2D eigenvalue weighted by Gasteiger charge is 2.13. The number of amides is 2. The number of anilines is 1. The molecular weight excluding hydrogens is 292 g/mol. The van der Waals surface area contributed by atoms with Crippen LogP contribution in [-0.4, -0.2) is 48.9 Å². The van der Waals surface area contributed by atoms with Crippen LogP contribution in [0.5, 0.6) is 5.75 Å². The molecule has 0 unspecified atom stereocenters. The maximum absolute atomic E-state index is 11.8. The van der Waals surface area contributed by atoms with Crippen LogP contribution in [0.15, 0.2) is 18.2 Å². The van der Waals surface area contributed by atoms with Crippen LogP contribution in [-0.2, 0) is 9.59 Å². The predicted octanol–water partition coefficient (Wildman–Crippen LogP) is 0.660. The number of benzene rings is 1. The Bertz CT molecular complexity index is 670. The highest BCUT2D eigenvalue weighted by Crippen LogP contribution is 2.29. The number of nitrogens with one attached hydrogen (secondary N) is 1. The Balaban J connectivity index is 2.05. The number of aromatic nitrogens is 1. The van der Waals surface area contributed by atoms with E-state index in [1.54, 1.807) is 13.2 Å². The average Bonchev–Trinajstić information content (AvgIpc) is 2.86. The van der Waals surface area contributed by atoms with Crippen molar-refractivity contribution in [2.75, 3.05) is 32.6 Å². The summed E-state index contributed by atoms with van der Waals surface area (Å²) in [6, 6.07) is 5.48. The van der Waals surface area contributed by atoms with Gasteiger partial charge in [0.25, 0.3) is 0 Å². The Labute approximate surface area is 125 Å². The van der Waals surface area contributed by atoms with E-state index in [4.69, 9.17) is 10.5 Å². The van der Waals surface area contributed by atoms with Crippen molar-refractivity contribution in [2.45, 2.75) is 0 Å². The lowest BCUT2D eigenvalue weighted by Gasteiger charge is -2.14. The number of hydrogen-bond acceptors (Lipinski definition) is 6. The summed E-state index contributed by atoms with van der Waals surface area (Å²) in [7, 11) is 3.12. The summed E-state index contributed by atoms with van der Waals surface area (Å²) in [6.45, 7) is -0.181. The van der Waals surface area contributed by atoms with Crippen LogP contribution >= 0.6 is 11.3 Å². The van der Waals surface area contributed by atoms with Gasteiger partial charge in [-0.1, -0.05) is 11.3 Å². The van der Waals surface area contributed by atoms with E-state index in [1.807, 2.05) is 12.1 Å². The molecule has 1 aromatic carbocycles. The first kappa shape index (κ1) is 15.2. The Kier molecular flexibility index (Phi) is 4.71. The van der Waals surface area contributed by atoms with Crippen molar-refractivity contribution in [2.24, 2.45) is 5.73 Å². The summed E-state index contributed by atoms with van der Waals surface area (Å²) in [5.41, 5.74) is 6.01. The fourth-order valence-electron chi connectivity index (χ4n) is 1.70. The molecule has 2 rings (SSSR count). The molecule has 0 atom stereocenters. The Hall–Kier alpha value is -2.19. The summed E-state index contributed by atoms with van der Waals surface area (Å²) in [5, 5.41) is 3.15. The predicted molar refractivity (Wildman–Crippen MR) is 81.5 cm³/mol. The van der Waals surface area contributed by atoms with Crippen molar-refractivity contribution >= 4 is 38.5 Å². The molecular formula is C13H16N4O3S. The molecule has 7 nitrogen and oxygen atoms in total. The van der Waals surface area contributed by atoms with Gasteiger partial charge in [-0.3, -0.25) is 9.59 Å². The van der Waals surface area contributed by atoms with Gasteiger partial charge in [-0.2, -0.15) is 0 Å². The molecule has 0 bridgehead atoms. The van der Waals surface area contributed by atoms with Crippen LogP contribution in [0.2, 0.25) is 0 Å². The Morgan fingerprint density at radius 3 is 2.90 bits per heavy atom. The molecule has 0 radical (unpaired) electrons. The second kappa shape index (κ2) is 6.51. The molecule has 0 aliphatic carbocycles. The topological polar surface area (TPSA) is 97.5 Å². The van der Waals surface area contributed by atoms with Crippen molar-refractivity contribution in [3.05, 3.63) is 18.2 Å². The van der Waals surface area contributed by atoms with Gasteiger partial charge >= 0.3 is 0 Å². The molecule has 2 aromatic rings. The van der Waals surface area contributed by atoms with Gasteiger partial charge in [0.2, 0.25) is 11.8 Å². The first-order valence-electron chi connectivity index (χ1n) is 6.22. The van der Waals surface area contributed by atoms with Crippen molar-refractivity contribution < 1.29 is 14.3 Å². The van der Waals surface area contributed by atoms with Gasteiger partial charge in [-0.05, 0) is 18.2 Å². The molecule has 0 saturated carbocycles. The molecule has 0 aliphatic heterocycles. The zero-order valence-corrected chi connectivity index (χ0v) is 12.6. The number of methoxy groups -OCH3 is 1. The minimum atomic E-state index is -0.315. The maximum atomic E-state index is 11.8. The molecule has 8 heteroatoms. The molecule has 0 spiro atoms. The van der Waals surface area contributed by atoms with Gasteiger partial charge in [0.15, 0.2) is 5.13 Å². The second-order valence-electron chi connectivity index (χ2n) is 4.35. The lowest BCUT2D eigenvalue weighted by Crippen LogP contribution is -2.38. The SMILES string of the molecule is COc1ccc2nc(NC(=O)CN(C)C(=O)CN)sc2c1. The first-order valence-corrected chi connectivity index (χ1v) is 7.03. The molecule has 112 valence electrons. The van der Waals surface area contributed by atoms with Gasteiger partial charge < -0.3 is 20.7 Å². The Morgan fingerprint density at radius 1 is 1.48 bits per heavy atom. The van der Waals surface area contributed by atoms with E-state index in [0.29, 0.717) is 5.13 Å². The van der Waals surface area contributed by atoms with E-state index in [2.05, 4.69) is 10.3 Å². The minimum absolute atomic E-state index is 0.0602. The van der Waals surface area contributed by atoms with Crippen LogP contribution in [0.3, 0.4) is 0 Å². The van der Waals surface area contributed by atoms with Crippen LogP contribution in [0.4, 0.5) is 5.13 Å². The minimum Gasteiger partial charge on any atom is -0.497 e. The van der Waals surface area contributed by atoms with Crippen LogP contribution < -0.4 is 15.8 Å². The normalized spacial score (nSPS) is 10.4. The smallest absolute Gasteiger partial charge is 0.245 e. The highest BCUT2D eigenvalue weighted by atomic mass is 32.1. The number of ether oxygens (including phenoxy) is 1. The van der Waals surface area contributed by atoms with Crippen molar-refractivity contribution in [1.29, 1.82) is 0 Å². The van der Waals surface area contributed by atoms with Crippen LogP contribution in [0, 0.1) is 0 Å². The molecule has 1 heterocycles. The lowest BCUT2D eigenvalue weighted by atomic mass is 10.3. The number of nitrogens with zero attached hydrogens (tertiary/aromatic N) is 2. The van der Waals surface area contributed by atoms with E-state index in [0.717, 1.165) is 16.0 Å². The van der Waals surface area contributed by atoms with E-state index in [1.165, 1.54) is 23.3 Å². The summed E-state index contributed by atoms with van der Waals surface area (Å²) in [5.74, 6) is 0.127. The lowest BCUT2D eigenvalue weighted by molar-refractivity contribution is -0.132. The molecule has 2 amide bonds. The molecule has 0 fully saturated rings. The largest absolute Gasteiger partial charge is 0.497 e. The van der Waals surface area contributed by atoms with E-state index in [-0.39, 0.29) is 24.9 Å². The van der Waals surface area contributed by atoms with Crippen LogP contribution in [0.25, 0.3) is 10.2 Å². The third-order valence-corrected chi connectivity index (χ3v) is 3.76. The summed E-state index contributed by atoms with van der Waals surface area (Å²) >= 11 is 1.35.